The van der Waals surface area contributed by atoms with Gasteiger partial charge in [-0.2, -0.15) is 0 Å². The number of aromatic nitrogens is 1. The molecular formula is C22H18N2O4. The monoisotopic (exact) mass is 374 g/mol. The van der Waals surface area contributed by atoms with Gasteiger partial charge in [0, 0.05) is 29.9 Å². The number of ether oxygens (including phenoxy) is 2. The van der Waals surface area contributed by atoms with Crippen LogP contribution in [0.1, 0.15) is 32.9 Å². The second-order valence-electron chi connectivity index (χ2n) is 6.90. The quantitative estimate of drug-likeness (QED) is 0.647. The zero-order valence-electron chi connectivity index (χ0n) is 15.3. The second-order valence-corrected chi connectivity index (χ2v) is 6.90. The van der Waals surface area contributed by atoms with Crippen molar-refractivity contribution < 1.29 is 18.7 Å². The van der Waals surface area contributed by atoms with E-state index >= 15 is 0 Å². The minimum Gasteiger partial charge on any atom is -0.477 e. The van der Waals surface area contributed by atoms with Gasteiger partial charge < -0.3 is 13.9 Å². The number of pyridine rings is 1. The second kappa shape index (κ2) is 6.65. The Labute approximate surface area is 162 Å². The van der Waals surface area contributed by atoms with Crippen molar-refractivity contribution in [2.75, 3.05) is 6.73 Å². The van der Waals surface area contributed by atoms with E-state index in [9.17, 15) is 4.79 Å². The summed E-state index contributed by atoms with van der Waals surface area (Å²) < 4.78 is 17.3. The molecule has 3 aromatic rings. The number of hydrogen-bond donors (Lipinski definition) is 0. The molecule has 0 unspecified atom stereocenters. The Bertz CT molecular complexity index is 1070. The predicted octanol–water partition coefficient (Wildman–Crippen LogP) is 3.95. The lowest BCUT2D eigenvalue weighted by molar-refractivity contribution is 0.0813. The Hall–Kier alpha value is -3.38. The van der Waals surface area contributed by atoms with Crippen LogP contribution in [-0.2, 0) is 13.1 Å². The van der Waals surface area contributed by atoms with Gasteiger partial charge in [0.25, 0.3) is 0 Å². The molecule has 0 N–H and O–H groups in total. The molecule has 0 amide bonds. The highest BCUT2D eigenvalue weighted by atomic mass is 16.5. The van der Waals surface area contributed by atoms with Gasteiger partial charge >= 0.3 is 0 Å². The van der Waals surface area contributed by atoms with Crippen molar-refractivity contribution in [3.05, 3.63) is 82.8 Å². The fourth-order valence-corrected chi connectivity index (χ4v) is 3.62. The van der Waals surface area contributed by atoms with Crippen molar-refractivity contribution in [2.45, 2.75) is 20.0 Å². The zero-order valence-corrected chi connectivity index (χ0v) is 15.3. The van der Waals surface area contributed by atoms with Crippen LogP contribution in [0.4, 0.5) is 0 Å². The third-order valence-electron chi connectivity index (χ3n) is 4.93. The Morgan fingerprint density at radius 2 is 2.14 bits per heavy atom. The van der Waals surface area contributed by atoms with E-state index in [1.807, 2.05) is 43.3 Å². The fourth-order valence-electron chi connectivity index (χ4n) is 3.62. The number of carbonyl (C=O) groups excluding carboxylic acids is 1. The third-order valence-corrected chi connectivity index (χ3v) is 4.93. The van der Waals surface area contributed by atoms with Crippen molar-refractivity contribution in [2.24, 2.45) is 0 Å². The van der Waals surface area contributed by atoms with Gasteiger partial charge in [0.05, 0.1) is 24.1 Å². The first-order valence-electron chi connectivity index (χ1n) is 9.08. The molecule has 0 atom stereocenters. The molecule has 0 bridgehead atoms. The van der Waals surface area contributed by atoms with Gasteiger partial charge in [-0.3, -0.25) is 14.7 Å². The normalized spacial score (nSPS) is 17.2. The topological polar surface area (TPSA) is 64.8 Å². The summed E-state index contributed by atoms with van der Waals surface area (Å²) in [5.74, 6) is 2.40. The average Bonchev–Trinajstić information content (AvgIpc) is 3.32. The number of rotatable bonds is 3. The molecule has 0 aliphatic carbocycles. The van der Waals surface area contributed by atoms with E-state index in [4.69, 9.17) is 13.9 Å². The molecule has 0 saturated heterocycles. The summed E-state index contributed by atoms with van der Waals surface area (Å²) in [5.41, 5.74) is 3.08. The van der Waals surface area contributed by atoms with Crippen LogP contribution in [0.2, 0.25) is 0 Å². The number of Topliss-reactive ketones (excluding diaryl/α,β-unsaturated/α-hetero) is 1. The minimum absolute atomic E-state index is 0.130. The van der Waals surface area contributed by atoms with E-state index in [-0.39, 0.29) is 11.5 Å². The average molecular weight is 374 g/mol. The first-order chi connectivity index (χ1) is 13.7. The number of carbonyl (C=O) groups is 1. The number of benzene rings is 1. The molecule has 5 rings (SSSR count). The molecule has 0 spiro atoms. The van der Waals surface area contributed by atoms with Gasteiger partial charge in [-0.15, -0.1) is 0 Å². The van der Waals surface area contributed by atoms with Crippen molar-refractivity contribution >= 4 is 11.9 Å². The van der Waals surface area contributed by atoms with Crippen molar-refractivity contribution in [3.63, 3.8) is 0 Å². The molecule has 2 aliphatic rings. The molecule has 28 heavy (non-hydrogen) atoms. The van der Waals surface area contributed by atoms with Gasteiger partial charge in [0.15, 0.2) is 5.76 Å². The molecule has 0 saturated carbocycles. The molecule has 2 aliphatic heterocycles. The maximum absolute atomic E-state index is 12.9. The lowest BCUT2D eigenvalue weighted by Gasteiger charge is -2.29. The summed E-state index contributed by atoms with van der Waals surface area (Å²) in [4.78, 5) is 19.2. The van der Waals surface area contributed by atoms with E-state index < -0.39 is 0 Å². The lowest BCUT2D eigenvalue weighted by atomic mass is 10.00. The summed E-state index contributed by atoms with van der Waals surface area (Å²) in [6.07, 6.45) is 5.02. The smallest absolute Gasteiger partial charge is 0.232 e. The van der Waals surface area contributed by atoms with Crippen molar-refractivity contribution in [3.8, 4) is 11.5 Å². The number of nitrogens with zero attached hydrogens (tertiary/aromatic N) is 2. The fraction of sp³-hybridized carbons (Fsp3) is 0.182. The number of fused-ring (bicyclic) bond motifs is 2. The summed E-state index contributed by atoms with van der Waals surface area (Å²) in [6.45, 7) is 3.71. The Morgan fingerprint density at radius 3 is 2.93 bits per heavy atom. The Morgan fingerprint density at radius 1 is 1.21 bits per heavy atom. The number of furan rings is 1. The van der Waals surface area contributed by atoms with E-state index in [0.717, 1.165) is 22.6 Å². The van der Waals surface area contributed by atoms with Crippen molar-refractivity contribution in [1.29, 1.82) is 0 Å². The van der Waals surface area contributed by atoms with E-state index in [1.165, 1.54) is 0 Å². The predicted molar refractivity (Wildman–Crippen MR) is 102 cm³/mol. The van der Waals surface area contributed by atoms with Crippen LogP contribution in [-0.4, -0.2) is 22.4 Å². The third kappa shape index (κ3) is 2.88. The zero-order chi connectivity index (χ0) is 19.1. The van der Waals surface area contributed by atoms with E-state index in [1.54, 1.807) is 18.5 Å². The molecule has 1 aromatic carbocycles. The van der Waals surface area contributed by atoms with Gasteiger partial charge in [-0.05, 0) is 37.3 Å². The molecule has 6 heteroatoms. The van der Waals surface area contributed by atoms with Crippen LogP contribution in [0, 0.1) is 6.92 Å². The van der Waals surface area contributed by atoms with E-state index in [2.05, 4.69) is 9.88 Å². The Balaban J connectivity index is 1.45. The molecule has 0 radical (unpaired) electrons. The van der Waals surface area contributed by atoms with Crippen LogP contribution in [0.3, 0.4) is 0 Å². The first kappa shape index (κ1) is 16.8. The largest absolute Gasteiger partial charge is 0.477 e. The maximum Gasteiger partial charge on any atom is 0.232 e. The molecule has 140 valence electrons. The summed E-state index contributed by atoms with van der Waals surface area (Å²) in [7, 11) is 0. The number of allylic oxidation sites excluding steroid dienone is 1. The van der Waals surface area contributed by atoms with Crippen molar-refractivity contribution in [1.82, 2.24) is 9.88 Å². The van der Waals surface area contributed by atoms with Crippen LogP contribution >= 0.6 is 0 Å². The highest BCUT2D eigenvalue weighted by molar-refractivity contribution is 6.15. The molecular weight excluding hydrogens is 356 g/mol. The van der Waals surface area contributed by atoms with Gasteiger partial charge in [-0.1, -0.05) is 6.07 Å². The summed E-state index contributed by atoms with van der Waals surface area (Å²) >= 11 is 0. The molecule has 6 nitrogen and oxygen atoms in total. The van der Waals surface area contributed by atoms with Crippen LogP contribution in [0.25, 0.3) is 6.08 Å². The van der Waals surface area contributed by atoms with Crippen LogP contribution < -0.4 is 9.47 Å². The maximum atomic E-state index is 12.9. The number of ketones is 1. The SMILES string of the molecule is Cc1c2c(cc3c1O/C(=C\c1ccccn1)C3=O)CN(Cc1ccco1)CO2. The lowest BCUT2D eigenvalue weighted by Crippen LogP contribution is -2.31. The van der Waals surface area contributed by atoms with Gasteiger partial charge in [0.2, 0.25) is 5.78 Å². The molecule has 0 fully saturated rings. The standard InChI is InChI=1S/C22H18N2O4/c1-14-21-15(11-24(13-27-21)12-17-6-4-8-26-17)9-18-20(25)19(28-22(14)18)10-16-5-2-3-7-23-16/h2-10H,11-13H2,1H3/b19-10-. The molecule has 4 heterocycles. The van der Waals surface area contributed by atoms with Gasteiger partial charge in [-0.25, -0.2) is 0 Å². The molecule has 2 aromatic heterocycles. The van der Waals surface area contributed by atoms with Crippen LogP contribution in [0.15, 0.2) is 59.0 Å². The highest BCUT2D eigenvalue weighted by Gasteiger charge is 2.33. The number of hydrogen-bond acceptors (Lipinski definition) is 6. The minimum atomic E-state index is -0.130. The first-order valence-corrected chi connectivity index (χ1v) is 9.08. The van der Waals surface area contributed by atoms with Gasteiger partial charge in [0.1, 0.15) is 24.0 Å². The Kier molecular flexibility index (Phi) is 3.98. The van der Waals surface area contributed by atoms with E-state index in [0.29, 0.717) is 36.8 Å². The highest BCUT2D eigenvalue weighted by Crippen LogP contribution is 2.43. The summed E-state index contributed by atoms with van der Waals surface area (Å²) in [5, 5.41) is 0. The van der Waals surface area contributed by atoms with Crippen LogP contribution in [0.5, 0.6) is 11.5 Å². The summed E-state index contributed by atoms with van der Waals surface area (Å²) in [6, 6.07) is 11.2.